The van der Waals surface area contributed by atoms with E-state index >= 15 is 0 Å². The summed E-state index contributed by atoms with van der Waals surface area (Å²) in [7, 11) is 3.40. The summed E-state index contributed by atoms with van der Waals surface area (Å²) < 4.78 is 17.1. The summed E-state index contributed by atoms with van der Waals surface area (Å²) >= 11 is 0. The lowest BCUT2D eigenvalue weighted by molar-refractivity contribution is -0.152. The number of hydrogen-bond acceptors (Lipinski definition) is 6. The lowest BCUT2D eigenvalue weighted by Crippen LogP contribution is -2.47. The first-order chi connectivity index (χ1) is 15.5. The molecule has 6 nitrogen and oxygen atoms in total. The number of benzene rings is 1. The number of nitrogens with zero attached hydrogens (tertiary/aromatic N) is 1. The zero-order chi connectivity index (χ0) is 22.7. The van der Waals surface area contributed by atoms with Crippen molar-refractivity contribution in [1.82, 2.24) is 10.2 Å². The van der Waals surface area contributed by atoms with Crippen LogP contribution in [0.3, 0.4) is 0 Å². The van der Waals surface area contributed by atoms with Gasteiger partial charge in [-0.3, -0.25) is 9.69 Å². The minimum atomic E-state index is -0.0154. The van der Waals surface area contributed by atoms with Crippen LogP contribution >= 0.6 is 0 Å². The van der Waals surface area contributed by atoms with Crippen molar-refractivity contribution in [2.75, 3.05) is 47.0 Å². The van der Waals surface area contributed by atoms with Crippen LogP contribution < -0.4 is 14.8 Å². The molecule has 32 heavy (non-hydrogen) atoms. The molecule has 0 aliphatic carbocycles. The molecule has 0 bridgehead atoms. The Balaban J connectivity index is 1.51. The fraction of sp³-hybridized carbons (Fsp3) is 0.731. The molecular formula is C26H40N2O4. The Morgan fingerprint density at radius 2 is 1.97 bits per heavy atom. The zero-order valence-electron chi connectivity index (χ0n) is 20.2. The summed E-state index contributed by atoms with van der Waals surface area (Å²) in [5.74, 6) is 3.19. The van der Waals surface area contributed by atoms with Crippen molar-refractivity contribution in [2.45, 2.75) is 52.0 Å². The maximum atomic E-state index is 12.7. The number of carbonyl (C=O) groups is 1. The van der Waals surface area contributed by atoms with Crippen molar-refractivity contribution in [2.24, 2.45) is 23.7 Å². The summed E-state index contributed by atoms with van der Waals surface area (Å²) in [5, 5.41) is 3.33. The average Bonchev–Trinajstić information content (AvgIpc) is 2.81. The van der Waals surface area contributed by atoms with E-state index in [0.717, 1.165) is 63.4 Å². The standard InChI is InChI=1S/C26H40N2O4/c1-17(2)10-20-15-28-9-7-18-12-24(30-3)25(31-4)13-22(18)23(28)11-21(20)16-32-26(29)19-6-5-8-27-14-19/h12-13,17,19-21,23,27H,5-11,14-16H2,1-4H3/t19?,20-,21+,23-/m1/s1. The van der Waals surface area contributed by atoms with Crippen molar-refractivity contribution in [3.8, 4) is 11.5 Å². The molecule has 1 N–H and O–H groups in total. The average molecular weight is 445 g/mol. The van der Waals surface area contributed by atoms with Crippen molar-refractivity contribution >= 4 is 5.97 Å². The Morgan fingerprint density at radius 1 is 1.19 bits per heavy atom. The second kappa shape index (κ2) is 10.4. The number of piperidine rings is 2. The third-order valence-electron chi connectivity index (χ3n) is 7.62. The van der Waals surface area contributed by atoms with Gasteiger partial charge in [0, 0.05) is 25.7 Å². The van der Waals surface area contributed by atoms with Crippen LogP contribution in [-0.4, -0.2) is 57.9 Å². The lowest BCUT2D eigenvalue weighted by Gasteiger charge is -2.47. The smallest absolute Gasteiger partial charge is 0.310 e. The molecular weight excluding hydrogens is 404 g/mol. The molecule has 2 fully saturated rings. The molecule has 3 aliphatic heterocycles. The van der Waals surface area contributed by atoms with Gasteiger partial charge >= 0.3 is 5.97 Å². The molecule has 0 radical (unpaired) electrons. The maximum Gasteiger partial charge on any atom is 0.310 e. The van der Waals surface area contributed by atoms with Gasteiger partial charge in [-0.15, -0.1) is 0 Å². The molecule has 0 aromatic heterocycles. The molecule has 1 unspecified atom stereocenters. The van der Waals surface area contributed by atoms with E-state index in [-0.39, 0.29) is 11.9 Å². The van der Waals surface area contributed by atoms with Crippen LogP contribution in [0.4, 0.5) is 0 Å². The summed E-state index contributed by atoms with van der Waals surface area (Å²) in [6.07, 6.45) is 5.23. The van der Waals surface area contributed by atoms with Crippen LogP contribution in [0.1, 0.15) is 56.7 Å². The van der Waals surface area contributed by atoms with E-state index in [2.05, 4.69) is 36.2 Å². The zero-order valence-corrected chi connectivity index (χ0v) is 20.2. The predicted molar refractivity (Wildman–Crippen MR) is 125 cm³/mol. The van der Waals surface area contributed by atoms with Gasteiger partial charge in [0.05, 0.1) is 26.7 Å². The lowest BCUT2D eigenvalue weighted by atomic mass is 9.74. The molecule has 6 heteroatoms. The van der Waals surface area contributed by atoms with Gasteiger partial charge in [0.2, 0.25) is 0 Å². The number of hydrogen-bond donors (Lipinski definition) is 1. The van der Waals surface area contributed by atoms with Gasteiger partial charge in [-0.25, -0.2) is 0 Å². The molecule has 3 heterocycles. The van der Waals surface area contributed by atoms with E-state index in [0.29, 0.717) is 30.4 Å². The van der Waals surface area contributed by atoms with E-state index in [1.54, 1.807) is 14.2 Å². The minimum absolute atomic E-state index is 0.0134. The van der Waals surface area contributed by atoms with E-state index in [1.807, 2.05) is 0 Å². The van der Waals surface area contributed by atoms with Crippen LogP contribution in [0.25, 0.3) is 0 Å². The maximum absolute atomic E-state index is 12.7. The predicted octanol–water partition coefficient (Wildman–Crippen LogP) is 3.83. The number of nitrogens with one attached hydrogen (secondary N) is 1. The number of rotatable bonds is 7. The van der Waals surface area contributed by atoms with Crippen molar-refractivity contribution < 1.29 is 19.0 Å². The molecule has 1 aromatic carbocycles. The third kappa shape index (κ3) is 5.07. The molecule has 0 amide bonds. The quantitative estimate of drug-likeness (QED) is 0.645. The molecule has 0 saturated carbocycles. The largest absolute Gasteiger partial charge is 0.493 e. The fourth-order valence-corrected chi connectivity index (χ4v) is 5.94. The highest BCUT2D eigenvalue weighted by molar-refractivity contribution is 5.72. The van der Waals surface area contributed by atoms with Crippen LogP contribution in [0.2, 0.25) is 0 Å². The molecule has 178 valence electrons. The van der Waals surface area contributed by atoms with E-state index in [4.69, 9.17) is 14.2 Å². The number of esters is 1. The normalized spacial score (nSPS) is 28.0. The first-order valence-corrected chi connectivity index (χ1v) is 12.4. The summed E-state index contributed by atoms with van der Waals surface area (Å²) in [5.41, 5.74) is 2.71. The summed E-state index contributed by atoms with van der Waals surface area (Å²) in [4.78, 5) is 15.3. The van der Waals surface area contributed by atoms with Gasteiger partial charge in [-0.2, -0.15) is 0 Å². The summed E-state index contributed by atoms with van der Waals surface area (Å²) in [6.45, 7) is 9.04. The van der Waals surface area contributed by atoms with Crippen molar-refractivity contribution in [3.05, 3.63) is 23.3 Å². The van der Waals surface area contributed by atoms with Crippen LogP contribution in [-0.2, 0) is 16.0 Å². The third-order valence-corrected chi connectivity index (χ3v) is 7.62. The minimum Gasteiger partial charge on any atom is -0.493 e. The Hall–Kier alpha value is -1.79. The monoisotopic (exact) mass is 444 g/mol. The number of methoxy groups -OCH3 is 2. The Kier molecular flexibility index (Phi) is 7.62. The second-order valence-corrected chi connectivity index (χ2v) is 10.2. The van der Waals surface area contributed by atoms with Crippen LogP contribution in [0, 0.1) is 23.7 Å². The van der Waals surface area contributed by atoms with Crippen molar-refractivity contribution in [3.63, 3.8) is 0 Å². The van der Waals surface area contributed by atoms with Crippen LogP contribution in [0.5, 0.6) is 11.5 Å². The number of fused-ring (bicyclic) bond motifs is 3. The Labute approximate surface area is 193 Å². The topological polar surface area (TPSA) is 60.0 Å². The Morgan fingerprint density at radius 3 is 2.66 bits per heavy atom. The number of carbonyl (C=O) groups excluding carboxylic acids is 1. The van der Waals surface area contributed by atoms with Crippen LogP contribution in [0.15, 0.2) is 12.1 Å². The molecule has 0 spiro atoms. The van der Waals surface area contributed by atoms with Gasteiger partial charge in [-0.1, -0.05) is 13.8 Å². The molecule has 3 aliphatic rings. The SMILES string of the molecule is COc1cc2c(cc1OC)[C@H]1C[C@@H](COC(=O)C3CCCNC3)[C@H](CC(C)C)CN1CC2. The van der Waals surface area contributed by atoms with E-state index in [9.17, 15) is 4.79 Å². The molecule has 4 rings (SSSR count). The van der Waals surface area contributed by atoms with Gasteiger partial charge in [0.15, 0.2) is 11.5 Å². The Bertz CT molecular complexity index is 790. The molecule has 4 atom stereocenters. The van der Waals surface area contributed by atoms with E-state index in [1.165, 1.54) is 17.5 Å². The number of ether oxygens (including phenoxy) is 3. The van der Waals surface area contributed by atoms with Gasteiger partial charge in [0.25, 0.3) is 0 Å². The molecule has 2 saturated heterocycles. The summed E-state index contributed by atoms with van der Waals surface area (Å²) in [6, 6.07) is 4.67. The first-order valence-electron chi connectivity index (χ1n) is 12.4. The van der Waals surface area contributed by atoms with Gasteiger partial charge in [-0.05, 0) is 79.7 Å². The highest BCUT2D eigenvalue weighted by Crippen LogP contribution is 2.45. The van der Waals surface area contributed by atoms with Gasteiger partial charge in [0.1, 0.15) is 0 Å². The highest BCUT2D eigenvalue weighted by atomic mass is 16.5. The van der Waals surface area contributed by atoms with Gasteiger partial charge < -0.3 is 19.5 Å². The second-order valence-electron chi connectivity index (χ2n) is 10.2. The van der Waals surface area contributed by atoms with Crippen molar-refractivity contribution in [1.29, 1.82) is 0 Å². The molecule has 1 aromatic rings. The van der Waals surface area contributed by atoms with E-state index < -0.39 is 0 Å². The fourth-order valence-electron chi connectivity index (χ4n) is 5.94. The first kappa shape index (κ1) is 23.4. The highest BCUT2D eigenvalue weighted by Gasteiger charge is 2.40.